The number of amides is 1. The number of aliphatic carboxylic acids is 1. The van der Waals surface area contributed by atoms with Crippen LogP contribution in [0.1, 0.15) is 12.8 Å². The molecule has 2 N–H and O–H groups in total. The van der Waals surface area contributed by atoms with Gasteiger partial charge in [0.1, 0.15) is 0 Å². The summed E-state index contributed by atoms with van der Waals surface area (Å²) in [4.78, 5) is 23.5. The lowest BCUT2D eigenvalue weighted by atomic mass is 10.4. The Labute approximate surface area is 95.1 Å². The van der Waals surface area contributed by atoms with Crippen molar-refractivity contribution in [2.45, 2.75) is 12.8 Å². The molecule has 0 spiro atoms. The van der Waals surface area contributed by atoms with Gasteiger partial charge in [0.15, 0.2) is 0 Å². The summed E-state index contributed by atoms with van der Waals surface area (Å²) in [6, 6.07) is 0. The Morgan fingerprint density at radius 3 is 2.62 bits per heavy atom. The molecule has 1 amide bonds. The van der Waals surface area contributed by atoms with Crippen molar-refractivity contribution in [3.63, 3.8) is 0 Å². The van der Waals surface area contributed by atoms with Crippen LogP contribution in [0.15, 0.2) is 12.7 Å². The van der Waals surface area contributed by atoms with Crippen LogP contribution < -0.4 is 5.32 Å². The molecule has 0 aromatic carbocycles. The van der Waals surface area contributed by atoms with E-state index in [1.165, 1.54) is 17.7 Å². The van der Waals surface area contributed by atoms with E-state index in [0.29, 0.717) is 19.0 Å². The van der Waals surface area contributed by atoms with Gasteiger partial charge in [0.05, 0.1) is 13.1 Å². The molecule has 5 heteroatoms. The molecule has 0 atom stereocenters. The van der Waals surface area contributed by atoms with Crippen LogP contribution in [-0.4, -0.2) is 48.1 Å². The van der Waals surface area contributed by atoms with Gasteiger partial charge in [-0.25, -0.2) is 0 Å². The van der Waals surface area contributed by atoms with Crippen molar-refractivity contribution >= 4 is 11.9 Å². The average Bonchev–Trinajstić information content (AvgIpc) is 2.97. The molecular weight excluding hydrogens is 208 g/mol. The summed E-state index contributed by atoms with van der Waals surface area (Å²) in [6.45, 7) is 4.64. The molecule has 0 aromatic heterocycles. The van der Waals surface area contributed by atoms with Crippen molar-refractivity contribution in [2.75, 3.05) is 26.2 Å². The summed E-state index contributed by atoms with van der Waals surface area (Å²) in [5.74, 6) is -0.414. The number of hydrogen-bond acceptors (Lipinski definition) is 3. The topological polar surface area (TPSA) is 69.6 Å². The summed E-state index contributed by atoms with van der Waals surface area (Å²) in [5, 5.41) is 11.4. The van der Waals surface area contributed by atoms with Gasteiger partial charge in [0.2, 0.25) is 5.91 Å². The lowest BCUT2D eigenvalue weighted by Crippen LogP contribution is -2.40. The number of hydrogen-bond donors (Lipinski definition) is 2. The normalized spacial score (nSPS) is 14.8. The van der Waals surface area contributed by atoms with Gasteiger partial charge >= 0.3 is 5.97 Å². The largest absolute Gasteiger partial charge is 0.480 e. The van der Waals surface area contributed by atoms with Crippen LogP contribution in [0.4, 0.5) is 0 Å². The van der Waals surface area contributed by atoms with E-state index in [4.69, 9.17) is 5.11 Å². The highest BCUT2D eigenvalue weighted by Crippen LogP contribution is 2.27. The molecule has 1 aliphatic carbocycles. The molecule has 0 radical (unpaired) electrons. The number of carbonyl (C=O) groups excluding carboxylic acids is 1. The third-order valence-electron chi connectivity index (χ3n) is 2.40. The van der Waals surface area contributed by atoms with Crippen molar-refractivity contribution in [3.8, 4) is 0 Å². The molecule has 1 fully saturated rings. The first kappa shape index (κ1) is 12.7. The monoisotopic (exact) mass is 226 g/mol. The van der Waals surface area contributed by atoms with E-state index in [1.54, 1.807) is 6.08 Å². The molecule has 0 heterocycles. The maximum atomic E-state index is 11.5. The molecule has 90 valence electrons. The fraction of sp³-hybridized carbons (Fsp3) is 0.636. The molecule has 0 aliphatic heterocycles. The summed E-state index contributed by atoms with van der Waals surface area (Å²) < 4.78 is 0. The molecule has 1 saturated carbocycles. The van der Waals surface area contributed by atoms with Gasteiger partial charge in [-0.05, 0) is 18.8 Å². The number of carboxylic acid groups (broad SMARTS) is 1. The fourth-order valence-corrected chi connectivity index (χ4v) is 1.40. The molecule has 1 rings (SSSR count). The van der Waals surface area contributed by atoms with Crippen molar-refractivity contribution in [3.05, 3.63) is 12.7 Å². The molecule has 0 aromatic rings. The molecule has 1 aliphatic rings. The van der Waals surface area contributed by atoms with Crippen LogP contribution in [0, 0.1) is 5.92 Å². The summed E-state index contributed by atoms with van der Waals surface area (Å²) >= 11 is 0. The summed E-state index contributed by atoms with van der Waals surface area (Å²) in [7, 11) is 0. The van der Waals surface area contributed by atoms with Gasteiger partial charge in [0.25, 0.3) is 0 Å². The van der Waals surface area contributed by atoms with E-state index < -0.39 is 5.97 Å². The smallest absolute Gasteiger partial charge is 0.317 e. The van der Waals surface area contributed by atoms with Crippen LogP contribution in [0.5, 0.6) is 0 Å². The number of rotatable bonds is 8. The van der Waals surface area contributed by atoms with E-state index >= 15 is 0 Å². The number of carbonyl (C=O) groups is 2. The van der Waals surface area contributed by atoms with E-state index in [9.17, 15) is 9.59 Å². The Kier molecular flexibility index (Phi) is 4.98. The standard InChI is InChI=1S/C11H18N2O3/c1-2-5-13(8-11(15)16)7-10(14)12-6-9-3-4-9/h2,9H,1,3-8H2,(H,12,14)(H,15,16). The second-order valence-corrected chi connectivity index (χ2v) is 4.10. The minimum absolute atomic E-state index is 0.116. The van der Waals surface area contributed by atoms with E-state index in [0.717, 1.165) is 0 Å². The molecular formula is C11H18N2O3. The van der Waals surface area contributed by atoms with Gasteiger partial charge in [-0.2, -0.15) is 0 Å². The van der Waals surface area contributed by atoms with Crippen molar-refractivity contribution in [1.82, 2.24) is 10.2 Å². The average molecular weight is 226 g/mol. The predicted molar refractivity (Wildman–Crippen MR) is 60.0 cm³/mol. The van der Waals surface area contributed by atoms with Crippen LogP contribution in [0.2, 0.25) is 0 Å². The first-order valence-electron chi connectivity index (χ1n) is 5.43. The summed E-state index contributed by atoms with van der Waals surface area (Å²) in [6.07, 6.45) is 3.97. The third kappa shape index (κ3) is 5.50. The van der Waals surface area contributed by atoms with Crippen LogP contribution in [-0.2, 0) is 9.59 Å². The second kappa shape index (κ2) is 6.27. The molecule has 5 nitrogen and oxygen atoms in total. The molecule has 0 saturated heterocycles. The van der Waals surface area contributed by atoms with Crippen molar-refractivity contribution < 1.29 is 14.7 Å². The Morgan fingerprint density at radius 2 is 2.12 bits per heavy atom. The molecule has 16 heavy (non-hydrogen) atoms. The van der Waals surface area contributed by atoms with Crippen LogP contribution in [0.25, 0.3) is 0 Å². The maximum absolute atomic E-state index is 11.5. The molecule has 0 bridgehead atoms. The predicted octanol–water partition coefficient (Wildman–Crippen LogP) is 0.0852. The van der Waals surface area contributed by atoms with Crippen LogP contribution >= 0.6 is 0 Å². The van der Waals surface area contributed by atoms with Crippen LogP contribution in [0.3, 0.4) is 0 Å². The summed E-state index contributed by atoms with van der Waals surface area (Å²) in [5.41, 5.74) is 0. The molecule has 0 unspecified atom stereocenters. The highest BCUT2D eigenvalue weighted by Gasteiger charge is 2.22. The second-order valence-electron chi connectivity index (χ2n) is 4.10. The van der Waals surface area contributed by atoms with E-state index in [1.807, 2.05) is 0 Å². The fourth-order valence-electron chi connectivity index (χ4n) is 1.40. The first-order chi connectivity index (χ1) is 7.61. The SMILES string of the molecule is C=CCN(CC(=O)O)CC(=O)NCC1CC1. The lowest BCUT2D eigenvalue weighted by Gasteiger charge is -2.17. The Balaban J connectivity index is 2.24. The third-order valence-corrected chi connectivity index (χ3v) is 2.40. The van der Waals surface area contributed by atoms with E-state index in [2.05, 4.69) is 11.9 Å². The minimum atomic E-state index is -0.933. The van der Waals surface area contributed by atoms with Gasteiger partial charge in [-0.1, -0.05) is 6.08 Å². The lowest BCUT2D eigenvalue weighted by molar-refractivity contribution is -0.138. The van der Waals surface area contributed by atoms with Gasteiger partial charge in [-0.15, -0.1) is 6.58 Å². The maximum Gasteiger partial charge on any atom is 0.317 e. The van der Waals surface area contributed by atoms with Gasteiger partial charge in [-0.3, -0.25) is 14.5 Å². The highest BCUT2D eigenvalue weighted by atomic mass is 16.4. The van der Waals surface area contributed by atoms with Crippen molar-refractivity contribution in [2.24, 2.45) is 5.92 Å². The zero-order valence-corrected chi connectivity index (χ0v) is 9.32. The Hall–Kier alpha value is -1.36. The number of carboxylic acids is 1. The van der Waals surface area contributed by atoms with Crippen molar-refractivity contribution in [1.29, 1.82) is 0 Å². The minimum Gasteiger partial charge on any atom is -0.480 e. The number of nitrogens with one attached hydrogen (secondary N) is 1. The van der Waals surface area contributed by atoms with E-state index in [-0.39, 0.29) is 19.0 Å². The highest BCUT2D eigenvalue weighted by molar-refractivity contribution is 5.79. The quantitative estimate of drug-likeness (QED) is 0.575. The first-order valence-corrected chi connectivity index (χ1v) is 5.43. The Morgan fingerprint density at radius 1 is 1.44 bits per heavy atom. The Bertz CT molecular complexity index is 274. The number of nitrogens with zero attached hydrogens (tertiary/aromatic N) is 1. The van der Waals surface area contributed by atoms with Gasteiger partial charge < -0.3 is 10.4 Å². The van der Waals surface area contributed by atoms with Gasteiger partial charge in [0, 0.05) is 13.1 Å². The zero-order valence-electron chi connectivity index (χ0n) is 9.32. The zero-order chi connectivity index (χ0) is 12.0.